The second kappa shape index (κ2) is 16.8. The fourth-order valence-corrected chi connectivity index (χ4v) is 2.01. The molecule has 0 aromatic heterocycles. The monoisotopic (exact) mass is 320 g/mol. The number of aliphatic carboxylic acids is 1. The van der Waals surface area contributed by atoms with Gasteiger partial charge in [-0.05, 0) is 44.9 Å². The molecule has 1 atom stereocenters. The van der Waals surface area contributed by atoms with E-state index in [2.05, 4.69) is 49.5 Å². The van der Waals surface area contributed by atoms with Crippen LogP contribution < -0.4 is 0 Å². The number of carbonyl (C=O) groups is 1. The maximum Gasteiger partial charge on any atom is 0.303 e. The average Bonchev–Trinajstić information content (AvgIpc) is 2.51. The normalized spacial score (nSPS) is 13.8. The van der Waals surface area contributed by atoms with E-state index < -0.39 is 5.97 Å². The van der Waals surface area contributed by atoms with Crippen molar-refractivity contribution < 1.29 is 15.0 Å². The lowest BCUT2D eigenvalue weighted by atomic mass is 10.1. The SMILES string of the molecule is CCC[C@@H](O)C/C=C/C/C=C/C/C=C/C/C=C/CCCC(=O)O. The molecule has 3 nitrogen and oxygen atoms in total. The van der Waals surface area contributed by atoms with Crippen molar-refractivity contribution in [3.8, 4) is 0 Å². The van der Waals surface area contributed by atoms with Crippen molar-refractivity contribution in [3.05, 3.63) is 48.6 Å². The first-order chi connectivity index (χ1) is 11.2. The van der Waals surface area contributed by atoms with Crippen LogP contribution >= 0.6 is 0 Å². The topological polar surface area (TPSA) is 57.5 Å². The third-order valence-corrected chi connectivity index (χ3v) is 3.27. The summed E-state index contributed by atoms with van der Waals surface area (Å²) in [6, 6.07) is 0. The number of aliphatic hydroxyl groups is 1. The van der Waals surface area contributed by atoms with Crippen LogP contribution in [0.15, 0.2) is 48.6 Å². The smallest absolute Gasteiger partial charge is 0.303 e. The highest BCUT2D eigenvalue weighted by molar-refractivity contribution is 5.66. The minimum atomic E-state index is -0.725. The summed E-state index contributed by atoms with van der Waals surface area (Å²) in [6.45, 7) is 2.08. The van der Waals surface area contributed by atoms with E-state index >= 15 is 0 Å². The lowest BCUT2D eigenvalue weighted by molar-refractivity contribution is -0.137. The highest BCUT2D eigenvalue weighted by Crippen LogP contribution is 2.02. The molecule has 0 unspecified atom stereocenters. The summed E-state index contributed by atoms with van der Waals surface area (Å²) >= 11 is 0. The van der Waals surface area contributed by atoms with Gasteiger partial charge in [-0.15, -0.1) is 0 Å². The van der Waals surface area contributed by atoms with E-state index in [1.54, 1.807) is 0 Å². The molecule has 130 valence electrons. The van der Waals surface area contributed by atoms with E-state index in [1.165, 1.54) is 0 Å². The first kappa shape index (κ1) is 21.4. The zero-order valence-electron chi connectivity index (χ0n) is 14.4. The van der Waals surface area contributed by atoms with Crippen molar-refractivity contribution in [1.82, 2.24) is 0 Å². The van der Waals surface area contributed by atoms with Gasteiger partial charge < -0.3 is 10.2 Å². The lowest BCUT2D eigenvalue weighted by Crippen LogP contribution is -2.02. The highest BCUT2D eigenvalue weighted by atomic mass is 16.4. The van der Waals surface area contributed by atoms with Crippen molar-refractivity contribution in [2.75, 3.05) is 0 Å². The molecule has 0 rings (SSSR count). The van der Waals surface area contributed by atoms with Gasteiger partial charge in [0.2, 0.25) is 0 Å². The third kappa shape index (κ3) is 18.3. The van der Waals surface area contributed by atoms with Gasteiger partial charge in [0, 0.05) is 6.42 Å². The first-order valence-corrected chi connectivity index (χ1v) is 8.66. The molecule has 0 bridgehead atoms. The first-order valence-electron chi connectivity index (χ1n) is 8.66. The molecule has 0 heterocycles. The summed E-state index contributed by atoms with van der Waals surface area (Å²) in [5, 5.41) is 18.0. The fraction of sp³-hybridized carbons (Fsp3) is 0.550. The predicted molar refractivity (Wildman–Crippen MR) is 97.4 cm³/mol. The predicted octanol–water partition coefficient (Wildman–Crippen LogP) is 5.19. The van der Waals surface area contributed by atoms with Crippen LogP contribution in [0.3, 0.4) is 0 Å². The Kier molecular flexibility index (Phi) is 15.6. The number of hydrogen-bond donors (Lipinski definition) is 2. The maximum atomic E-state index is 10.3. The van der Waals surface area contributed by atoms with Gasteiger partial charge in [0.05, 0.1) is 6.10 Å². The second-order valence-corrected chi connectivity index (χ2v) is 5.56. The summed E-state index contributed by atoms with van der Waals surface area (Å²) in [6.07, 6.45) is 23.8. The standard InChI is InChI=1S/C20H32O3/c1-2-16-19(21)17-14-12-10-8-6-4-3-5-7-9-11-13-15-18-20(22)23/h3,5-6,8-9,11-12,14,19,21H,2,4,7,10,13,15-18H2,1H3,(H,22,23)/b5-3+,8-6+,11-9+,14-12+/t19-/m1/s1. The molecule has 3 heteroatoms. The molecule has 0 radical (unpaired) electrons. The van der Waals surface area contributed by atoms with Crippen LogP contribution in [-0.2, 0) is 4.79 Å². The van der Waals surface area contributed by atoms with E-state index in [1.807, 2.05) is 6.08 Å². The number of rotatable bonds is 14. The second-order valence-electron chi connectivity index (χ2n) is 5.56. The van der Waals surface area contributed by atoms with Crippen LogP contribution in [0.25, 0.3) is 0 Å². The summed E-state index contributed by atoms with van der Waals surface area (Å²) in [5.74, 6) is -0.725. The summed E-state index contributed by atoms with van der Waals surface area (Å²) in [4.78, 5) is 10.3. The van der Waals surface area contributed by atoms with Gasteiger partial charge in [0.25, 0.3) is 0 Å². The molecule has 0 aliphatic rings. The van der Waals surface area contributed by atoms with Crippen LogP contribution in [0.4, 0.5) is 0 Å². The van der Waals surface area contributed by atoms with Gasteiger partial charge in [-0.2, -0.15) is 0 Å². The number of hydrogen-bond acceptors (Lipinski definition) is 2. The van der Waals surface area contributed by atoms with Gasteiger partial charge >= 0.3 is 5.97 Å². The van der Waals surface area contributed by atoms with Crippen LogP contribution in [0.5, 0.6) is 0 Å². The zero-order chi connectivity index (χ0) is 17.2. The molecule has 2 N–H and O–H groups in total. The molecular weight excluding hydrogens is 288 g/mol. The molecular formula is C20H32O3. The third-order valence-electron chi connectivity index (χ3n) is 3.27. The Morgan fingerprint density at radius 2 is 1.43 bits per heavy atom. The Morgan fingerprint density at radius 3 is 1.96 bits per heavy atom. The number of allylic oxidation sites excluding steroid dienone is 7. The summed E-state index contributed by atoms with van der Waals surface area (Å²) < 4.78 is 0. The number of unbranched alkanes of at least 4 members (excludes halogenated alkanes) is 1. The lowest BCUT2D eigenvalue weighted by Gasteiger charge is -2.03. The summed E-state index contributed by atoms with van der Waals surface area (Å²) in [7, 11) is 0. The zero-order valence-corrected chi connectivity index (χ0v) is 14.4. The maximum absolute atomic E-state index is 10.3. The van der Waals surface area contributed by atoms with Gasteiger partial charge in [-0.25, -0.2) is 0 Å². The molecule has 0 aromatic rings. The van der Waals surface area contributed by atoms with Crippen molar-refractivity contribution >= 4 is 5.97 Å². The van der Waals surface area contributed by atoms with Crippen LogP contribution in [0.1, 0.15) is 64.7 Å². The fourth-order valence-electron chi connectivity index (χ4n) is 2.01. The quantitative estimate of drug-likeness (QED) is 0.342. The number of carboxylic acids is 1. The minimum absolute atomic E-state index is 0.194. The molecule has 0 aromatic carbocycles. The van der Waals surface area contributed by atoms with Gasteiger partial charge in [0.15, 0.2) is 0 Å². The van der Waals surface area contributed by atoms with Crippen molar-refractivity contribution in [3.63, 3.8) is 0 Å². The Bertz CT molecular complexity index is 392. The largest absolute Gasteiger partial charge is 0.481 e. The molecule has 23 heavy (non-hydrogen) atoms. The van der Waals surface area contributed by atoms with E-state index in [0.29, 0.717) is 6.42 Å². The van der Waals surface area contributed by atoms with Gasteiger partial charge in [-0.1, -0.05) is 62.0 Å². The highest BCUT2D eigenvalue weighted by Gasteiger charge is 1.97. The summed E-state index contributed by atoms with van der Waals surface area (Å²) in [5.41, 5.74) is 0. The van der Waals surface area contributed by atoms with Crippen LogP contribution in [0.2, 0.25) is 0 Å². The molecule has 0 saturated heterocycles. The van der Waals surface area contributed by atoms with Crippen LogP contribution in [0, 0.1) is 0 Å². The number of aliphatic hydroxyl groups excluding tert-OH is 1. The van der Waals surface area contributed by atoms with Gasteiger partial charge in [0.1, 0.15) is 0 Å². The molecule has 0 saturated carbocycles. The molecule has 0 aliphatic carbocycles. The average molecular weight is 320 g/mol. The van der Waals surface area contributed by atoms with E-state index in [4.69, 9.17) is 5.11 Å². The number of carboxylic acid groups (broad SMARTS) is 1. The van der Waals surface area contributed by atoms with E-state index in [9.17, 15) is 9.90 Å². The Hall–Kier alpha value is -1.61. The van der Waals surface area contributed by atoms with Crippen molar-refractivity contribution in [2.24, 2.45) is 0 Å². The minimum Gasteiger partial charge on any atom is -0.481 e. The Labute approximate surface area is 141 Å². The Morgan fingerprint density at radius 1 is 0.913 bits per heavy atom. The molecule has 0 amide bonds. The van der Waals surface area contributed by atoms with Crippen LogP contribution in [-0.4, -0.2) is 22.3 Å². The van der Waals surface area contributed by atoms with Crippen molar-refractivity contribution in [2.45, 2.75) is 70.8 Å². The van der Waals surface area contributed by atoms with E-state index in [0.717, 1.165) is 44.9 Å². The molecule has 0 fully saturated rings. The van der Waals surface area contributed by atoms with Crippen molar-refractivity contribution in [1.29, 1.82) is 0 Å². The van der Waals surface area contributed by atoms with E-state index in [-0.39, 0.29) is 12.5 Å². The molecule has 0 spiro atoms. The Balaban J connectivity index is 3.50. The van der Waals surface area contributed by atoms with Gasteiger partial charge in [-0.3, -0.25) is 4.79 Å². The molecule has 0 aliphatic heterocycles.